The van der Waals surface area contributed by atoms with Gasteiger partial charge in [-0.3, -0.25) is 9.98 Å². The lowest BCUT2D eigenvalue weighted by molar-refractivity contribution is 0.602. The summed E-state index contributed by atoms with van der Waals surface area (Å²) in [4.78, 5) is 8.85. The zero-order valence-electron chi connectivity index (χ0n) is 16.5. The predicted octanol–water partition coefficient (Wildman–Crippen LogP) is 6.37. The lowest BCUT2D eigenvalue weighted by Crippen LogP contribution is -1.98. The SMILES string of the molecule is C=C(N)c1cc(-c2cccnc2-c2cc(F)ccc2F)ccc1/N=C\C(C)CC. The van der Waals surface area contributed by atoms with Gasteiger partial charge in [0.2, 0.25) is 0 Å². The Morgan fingerprint density at radius 1 is 1.17 bits per heavy atom. The fourth-order valence-electron chi connectivity index (χ4n) is 2.92. The van der Waals surface area contributed by atoms with Crippen molar-refractivity contribution in [2.75, 3.05) is 0 Å². The third kappa shape index (κ3) is 4.57. The Kier molecular flexibility index (Phi) is 6.17. The second-order valence-electron chi connectivity index (χ2n) is 6.94. The van der Waals surface area contributed by atoms with Crippen molar-refractivity contribution in [1.82, 2.24) is 4.98 Å². The molecule has 1 unspecified atom stereocenters. The number of nitrogens with zero attached hydrogens (tertiary/aromatic N) is 2. The van der Waals surface area contributed by atoms with E-state index in [1.165, 1.54) is 0 Å². The van der Waals surface area contributed by atoms with Crippen LogP contribution in [0.25, 0.3) is 28.1 Å². The van der Waals surface area contributed by atoms with Gasteiger partial charge in [0.1, 0.15) is 11.6 Å². The number of nitrogens with two attached hydrogens (primary N) is 1. The van der Waals surface area contributed by atoms with Crippen LogP contribution in [0, 0.1) is 17.6 Å². The summed E-state index contributed by atoms with van der Waals surface area (Å²) < 4.78 is 28.1. The summed E-state index contributed by atoms with van der Waals surface area (Å²) in [6.07, 6.45) is 4.43. The van der Waals surface area contributed by atoms with Gasteiger partial charge < -0.3 is 5.73 Å². The molecule has 3 aromatic rings. The summed E-state index contributed by atoms with van der Waals surface area (Å²) in [5, 5.41) is 0. The molecule has 3 rings (SSSR count). The van der Waals surface area contributed by atoms with Gasteiger partial charge in [-0.2, -0.15) is 0 Å². The molecule has 2 N–H and O–H groups in total. The number of aliphatic imine (C=N–C) groups is 1. The Hall–Kier alpha value is -3.34. The number of halogens is 2. The van der Waals surface area contributed by atoms with Crippen molar-refractivity contribution < 1.29 is 8.78 Å². The second kappa shape index (κ2) is 8.78. The summed E-state index contributed by atoms with van der Waals surface area (Å²) in [5.41, 5.74) is 9.67. The van der Waals surface area contributed by atoms with Crippen molar-refractivity contribution in [3.8, 4) is 22.4 Å². The maximum absolute atomic E-state index is 14.4. The van der Waals surface area contributed by atoms with Crippen LogP contribution in [0.3, 0.4) is 0 Å². The molecular weight excluding hydrogens is 368 g/mol. The molecule has 1 atom stereocenters. The summed E-state index contributed by atoms with van der Waals surface area (Å²) >= 11 is 0. The number of benzene rings is 2. The molecule has 0 spiro atoms. The topological polar surface area (TPSA) is 51.3 Å². The normalized spacial score (nSPS) is 12.3. The van der Waals surface area contributed by atoms with E-state index in [4.69, 9.17) is 5.73 Å². The molecule has 148 valence electrons. The van der Waals surface area contributed by atoms with Gasteiger partial charge in [0.25, 0.3) is 0 Å². The van der Waals surface area contributed by atoms with E-state index in [-0.39, 0.29) is 5.56 Å². The van der Waals surface area contributed by atoms with E-state index in [1.54, 1.807) is 12.3 Å². The highest BCUT2D eigenvalue weighted by atomic mass is 19.1. The standard InChI is InChI=1S/C24H23F2N3/c1-4-15(2)14-29-23-10-7-17(12-20(23)16(3)27)19-6-5-11-28-24(19)21-13-18(25)8-9-22(21)26/h5-15H,3-4,27H2,1-2H3/b29-14-. The van der Waals surface area contributed by atoms with Crippen molar-refractivity contribution in [3.63, 3.8) is 0 Å². The molecule has 0 aliphatic heterocycles. The van der Waals surface area contributed by atoms with Crippen molar-refractivity contribution in [1.29, 1.82) is 0 Å². The first kappa shape index (κ1) is 20.4. The number of aromatic nitrogens is 1. The van der Waals surface area contributed by atoms with Gasteiger partial charge in [0, 0.05) is 34.8 Å². The van der Waals surface area contributed by atoms with E-state index in [0.717, 1.165) is 30.2 Å². The van der Waals surface area contributed by atoms with Gasteiger partial charge in [0.15, 0.2) is 0 Å². The summed E-state index contributed by atoms with van der Waals surface area (Å²) in [6, 6.07) is 12.5. The second-order valence-corrected chi connectivity index (χ2v) is 6.94. The van der Waals surface area contributed by atoms with Gasteiger partial charge in [-0.1, -0.05) is 32.6 Å². The Morgan fingerprint density at radius 3 is 2.69 bits per heavy atom. The predicted molar refractivity (Wildman–Crippen MR) is 116 cm³/mol. The zero-order valence-corrected chi connectivity index (χ0v) is 16.5. The van der Waals surface area contributed by atoms with Crippen LogP contribution in [0.5, 0.6) is 0 Å². The molecule has 2 aromatic carbocycles. The van der Waals surface area contributed by atoms with Crippen LogP contribution in [0.2, 0.25) is 0 Å². The van der Waals surface area contributed by atoms with Crippen LogP contribution in [0.15, 0.2) is 66.3 Å². The van der Waals surface area contributed by atoms with E-state index in [9.17, 15) is 8.78 Å². The van der Waals surface area contributed by atoms with E-state index >= 15 is 0 Å². The first-order chi connectivity index (χ1) is 13.9. The van der Waals surface area contributed by atoms with Crippen molar-refractivity contribution >= 4 is 17.6 Å². The fraction of sp³-hybridized carbons (Fsp3) is 0.167. The number of rotatable bonds is 6. The monoisotopic (exact) mass is 391 g/mol. The molecule has 5 heteroatoms. The third-order valence-electron chi connectivity index (χ3n) is 4.76. The Balaban J connectivity index is 2.13. The highest BCUT2D eigenvalue weighted by molar-refractivity contribution is 5.85. The molecule has 0 aliphatic carbocycles. The highest BCUT2D eigenvalue weighted by Crippen LogP contribution is 2.35. The summed E-state index contributed by atoms with van der Waals surface area (Å²) in [7, 11) is 0. The average molecular weight is 391 g/mol. The molecule has 0 fully saturated rings. The highest BCUT2D eigenvalue weighted by Gasteiger charge is 2.15. The Morgan fingerprint density at radius 2 is 1.97 bits per heavy atom. The zero-order chi connectivity index (χ0) is 21.0. The van der Waals surface area contributed by atoms with Crippen molar-refractivity contribution in [2.24, 2.45) is 16.6 Å². The van der Waals surface area contributed by atoms with Crippen molar-refractivity contribution in [3.05, 3.63) is 78.5 Å². The van der Waals surface area contributed by atoms with Crippen molar-refractivity contribution in [2.45, 2.75) is 20.3 Å². The molecule has 29 heavy (non-hydrogen) atoms. The minimum Gasteiger partial charge on any atom is -0.399 e. The minimum atomic E-state index is -0.537. The van der Waals surface area contributed by atoms with Crippen LogP contribution in [0.1, 0.15) is 25.8 Å². The molecule has 3 nitrogen and oxygen atoms in total. The minimum absolute atomic E-state index is 0.104. The van der Waals surface area contributed by atoms with Gasteiger partial charge in [0.05, 0.1) is 11.4 Å². The molecule has 0 bridgehead atoms. The largest absolute Gasteiger partial charge is 0.399 e. The first-order valence-electron chi connectivity index (χ1n) is 9.44. The summed E-state index contributed by atoms with van der Waals surface area (Å²) in [5.74, 6) is -0.720. The van der Waals surface area contributed by atoms with Gasteiger partial charge in [-0.15, -0.1) is 0 Å². The van der Waals surface area contributed by atoms with Crippen LogP contribution in [0.4, 0.5) is 14.5 Å². The summed E-state index contributed by atoms with van der Waals surface area (Å²) in [6.45, 7) is 8.04. The number of pyridine rings is 1. The Labute approximate surface area is 169 Å². The maximum Gasteiger partial charge on any atom is 0.132 e. The van der Waals surface area contributed by atoms with E-state index in [0.29, 0.717) is 34.1 Å². The molecule has 0 saturated heterocycles. The molecule has 0 radical (unpaired) electrons. The number of hydrogen-bond donors (Lipinski definition) is 1. The van der Waals surface area contributed by atoms with Crippen LogP contribution < -0.4 is 5.73 Å². The lowest BCUT2D eigenvalue weighted by Gasteiger charge is -2.13. The molecular formula is C24H23F2N3. The maximum atomic E-state index is 14.4. The van der Waals surface area contributed by atoms with E-state index in [1.807, 2.05) is 30.5 Å². The lowest BCUT2D eigenvalue weighted by atomic mass is 9.96. The quantitative estimate of drug-likeness (QED) is 0.496. The smallest absolute Gasteiger partial charge is 0.132 e. The fourth-order valence-corrected chi connectivity index (χ4v) is 2.92. The molecule has 1 heterocycles. The number of hydrogen-bond acceptors (Lipinski definition) is 3. The molecule has 0 aliphatic rings. The van der Waals surface area contributed by atoms with Gasteiger partial charge >= 0.3 is 0 Å². The Bertz CT molecular complexity index is 1070. The van der Waals surface area contributed by atoms with E-state index in [2.05, 4.69) is 30.4 Å². The molecule has 0 saturated carbocycles. The molecule has 1 aromatic heterocycles. The van der Waals surface area contributed by atoms with Gasteiger partial charge in [-0.05, 0) is 54.3 Å². The van der Waals surface area contributed by atoms with Crippen LogP contribution in [-0.4, -0.2) is 11.2 Å². The van der Waals surface area contributed by atoms with Gasteiger partial charge in [-0.25, -0.2) is 8.78 Å². The van der Waals surface area contributed by atoms with Crippen LogP contribution >= 0.6 is 0 Å². The first-order valence-corrected chi connectivity index (χ1v) is 9.44. The third-order valence-corrected chi connectivity index (χ3v) is 4.76. The average Bonchev–Trinajstić information content (AvgIpc) is 2.73. The molecule has 0 amide bonds. The van der Waals surface area contributed by atoms with E-state index < -0.39 is 11.6 Å². The van der Waals surface area contributed by atoms with Crippen LogP contribution in [-0.2, 0) is 0 Å².